The molecule has 0 saturated carbocycles. The maximum atomic E-state index is 10.00. The molecule has 5 heteroatoms. The second-order valence-electron chi connectivity index (χ2n) is 4.73. The van der Waals surface area contributed by atoms with Gasteiger partial charge in [-0.15, -0.1) is 0 Å². The van der Waals surface area contributed by atoms with Gasteiger partial charge in [0.2, 0.25) is 0 Å². The number of phenols is 1. The first kappa shape index (κ1) is 14.0. The minimum Gasteiger partial charge on any atom is -0.507 e. The van der Waals surface area contributed by atoms with Crippen LogP contribution < -0.4 is 15.6 Å². The minimum atomic E-state index is -0.0190. The van der Waals surface area contributed by atoms with Crippen molar-refractivity contribution >= 4 is 21.6 Å². The third-order valence-electron chi connectivity index (χ3n) is 3.42. The van der Waals surface area contributed by atoms with Gasteiger partial charge >= 0.3 is 0 Å². The van der Waals surface area contributed by atoms with Gasteiger partial charge in [-0.1, -0.05) is 34.1 Å². The molecule has 0 saturated heterocycles. The molecule has 21 heavy (non-hydrogen) atoms. The molecule has 0 bridgehead atoms. The van der Waals surface area contributed by atoms with E-state index >= 15 is 0 Å². The zero-order valence-electron chi connectivity index (χ0n) is 11.4. The smallest absolute Gasteiger partial charge is 0.124 e. The van der Waals surface area contributed by atoms with Crippen LogP contribution in [-0.2, 0) is 0 Å². The average molecular weight is 347 g/mol. The van der Waals surface area contributed by atoms with Gasteiger partial charge < -0.3 is 15.3 Å². The van der Waals surface area contributed by atoms with E-state index in [9.17, 15) is 5.11 Å². The minimum absolute atomic E-state index is 0.0190. The summed E-state index contributed by atoms with van der Waals surface area (Å²) < 4.78 is 6.30. The van der Waals surface area contributed by atoms with Gasteiger partial charge in [-0.2, -0.15) is 0 Å². The molecule has 0 spiro atoms. The van der Waals surface area contributed by atoms with Crippen LogP contribution in [0.2, 0.25) is 0 Å². The summed E-state index contributed by atoms with van der Waals surface area (Å²) in [7, 11) is 1.66. The molecule has 3 N–H and O–H groups in total. The Labute approximate surface area is 131 Å². The highest BCUT2D eigenvalue weighted by Crippen LogP contribution is 2.33. The van der Waals surface area contributed by atoms with Gasteiger partial charge in [-0.05, 0) is 30.3 Å². The summed E-state index contributed by atoms with van der Waals surface area (Å²) in [5.41, 5.74) is 8.93. The van der Waals surface area contributed by atoms with Crippen molar-refractivity contribution in [2.24, 2.45) is 0 Å². The molecule has 2 aromatic rings. The number of hydrogen-bond donors (Lipinski definition) is 3. The molecule has 4 nitrogen and oxygen atoms in total. The lowest BCUT2D eigenvalue weighted by atomic mass is 10.0. The topological polar surface area (TPSA) is 53.5 Å². The highest BCUT2D eigenvalue weighted by atomic mass is 79.9. The zero-order valence-corrected chi connectivity index (χ0v) is 13.0. The highest BCUT2D eigenvalue weighted by Gasteiger charge is 2.21. The first-order valence-electron chi connectivity index (χ1n) is 6.54. The molecule has 1 heterocycles. The van der Waals surface area contributed by atoms with Crippen LogP contribution in [0.25, 0.3) is 5.70 Å². The highest BCUT2D eigenvalue weighted by molar-refractivity contribution is 9.10. The van der Waals surface area contributed by atoms with Crippen molar-refractivity contribution in [2.45, 2.75) is 6.04 Å². The number of halogens is 1. The molecule has 0 aromatic heterocycles. The maximum absolute atomic E-state index is 10.00. The van der Waals surface area contributed by atoms with E-state index in [1.54, 1.807) is 19.2 Å². The molecule has 0 aliphatic carbocycles. The fraction of sp³-hybridized carbons (Fsp3) is 0.125. The molecular weight excluding hydrogens is 332 g/mol. The SMILES string of the molecule is COc1ccccc1[C@H]1C=C(c2cc(Br)ccc2O)NN1. The van der Waals surface area contributed by atoms with Crippen LogP contribution in [0.3, 0.4) is 0 Å². The number of phenolic OH excluding ortho intramolecular Hbond substituents is 1. The standard InChI is InChI=1S/C16H15BrN2O2/c1-21-16-5-3-2-4-11(16)13-9-14(19-18-13)12-8-10(17)6-7-15(12)20/h2-9,13,18-20H,1H3/t13-/m1/s1. The molecule has 1 aliphatic rings. The second kappa shape index (κ2) is 5.79. The Hall–Kier alpha value is -1.98. The van der Waals surface area contributed by atoms with Crippen molar-refractivity contribution in [1.82, 2.24) is 10.9 Å². The van der Waals surface area contributed by atoms with Gasteiger partial charge in [0, 0.05) is 15.6 Å². The van der Waals surface area contributed by atoms with E-state index in [2.05, 4.69) is 26.8 Å². The monoisotopic (exact) mass is 346 g/mol. The Bertz CT molecular complexity index is 700. The molecule has 2 aromatic carbocycles. The van der Waals surface area contributed by atoms with Crippen molar-refractivity contribution in [3.63, 3.8) is 0 Å². The molecule has 3 rings (SSSR count). The quantitative estimate of drug-likeness (QED) is 0.797. The number of methoxy groups -OCH3 is 1. The fourth-order valence-electron chi connectivity index (χ4n) is 2.38. The van der Waals surface area contributed by atoms with Gasteiger partial charge in [0.15, 0.2) is 0 Å². The lowest BCUT2D eigenvalue weighted by Crippen LogP contribution is -2.26. The summed E-state index contributed by atoms with van der Waals surface area (Å²) in [6.45, 7) is 0. The van der Waals surface area contributed by atoms with Gasteiger partial charge in [0.05, 0.1) is 18.8 Å². The van der Waals surface area contributed by atoms with Crippen LogP contribution in [0.5, 0.6) is 11.5 Å². The summed E-state index contributed by atoms with van der Waals surface area (Å²) in [6.07, 6.45) is 2.03. The van der Waals surface area contributed by atoms with E-state index in [1.807, 2.05) is 36.4 Å². The van der Waals surface area contributed by atoms with E-state index in [1.165, 1.54) is 0 Å². The normalized spacial score (nSPS) is 17.2. The summed E-state index contributed by atoms with van der Waals surface area (Å²) >= 11 is 3.42. The maximum Gasteiger partial charge on any atom is 0.124 e. The van der Waals surface area contributed by atoms with E-state index in [0.29, 0.717) is 0 Å². The number of para-hydroxylation sites is 1. The Morgan fingerprint density at radius 2 is 2.00 bits per heavy atom. The molecule has 108 valence electrons. The molecule has 0 unspecified atom stereocenters. The second-order valence-corrected chi connectivity index (χ2v) is 5.65. The Kier molecular flexibility index (Phi) is 3.86. The largest absolute Gasteiger partial charge is 0.507 e. The number of hydrogen-bond acceptors (Lipinski definition) is 4. The number of aromatic hydroxyl groups is 1. The van der Waals surface area contributed by atoms with Crippen molar-refractivity contribution in [3.8, 4) is 11.5 Å². The average Bonchev–Trinajstić information content (AvgIpc) is 2.99. The van der Waals surface area contributed by atoms with Crippen LogP contribution in [0.1, 0.15) is 17.2 Å². The van der Waals surface area contributed by atoms with Crippen molar-refractivity contribution in [1.29, 1.82) is 0 Å². The predicted molar refractivity (Wildman–Crippen MR) is 85.8 cm³/mol. The van der Waals surface area contributed by atoms with E-state index in [-0.39, 0.29) is 11.8 Å². The van der Waals surface area contributed by atoms with Crippen LogP contribution >= 0.6 is 15.9 Å². The molecule has 1 aliphatic heterocycles. The Morgan fingerprint density at radius 3 is 2.81 bits per heavy atom. The number of hydrazine groups is 1. The van der Waals surface area contributed by atoms with E-state index in [4.69, 9.17) is 4.74 Å². The van der Waals surface area contributed by atoms with Gasteiger partial charge in [0.25, 0.3) is 0 Å². The predicted octanol–water partition coefficient (Wildman–Crippen LogP) is 3.35. The number of benzene rings is 2. The van der Waals surface area contributed by atoms with Crippen molar-refractivity contribution in [3.05, 3.63) is 64.1 Å². The first-order chi connectivity index (χ1) is 10.2. The Morgan fingerprint density at radius 1 is 1.19 bits per heavy atom. The molecule has 1 atom stereocenters. The summed E-state index contributed by atoms with van der Waals surface area (Å²) in [4.78, 5) is 0. The Balaban J connectivity index is 1.96. The number of rotatable bonds is 3. The third kappa shape index (κ3) is 2.75. The van der Waals surface area contributed by atoms with Crippen LogP contribution in [0.15, 0.2) is 53.0 Å². The fourth-order valence-corrected chi connectivity index (χ4v) is 2.74. The summed E-state index contributed by atoms with van der Waals surface area (Å²) in [5.74, 6) is 1.06. The third-order valence-corrected chi connectivity index (χ3v) is 3.91. The van der Waals surface area contributed by atoms with Crippen LogP contribution in [0.4, 0.5) is 0 Å². The molecule has 0 radical (unpaired) electrons. The van der Waals surface area contributed by atoms with Crippen LogP contribution in [0, 0.1) is 0 Å². The van der Waals surface area contributed by atoms with Crippen molar-refractivity contribution < 1.29 is 9.84 Å². The summed E-state index contributed by atoms with van der Waals surface area (Å²) in [6, 6.07) is 13.2. The molecule has 0 amide bonds. The number of nitrogens with one attached hydrogen (secondary N) is 2. The van der Waals surface area contributed by atoms with E-state index < -0.39 is 0 Å². The molecule has 0 fully saturated rings. The lowest BCUT2D eigenvalue weighted by molar-refractivity contribution is 0.404. The van der Waals surface area contributed by atoms with Gasteiger partial charge in [-0.3, -0.25) is 0 Å². The zero-order chi connectivity index (χ0) is 14.8. The van der Waals surface area contributed by atoms with Crippen LogP contribution in [-0.4, -0.2) is 12.2 Å². The molecular formula is C16H15BrN2O2. The van der Waals surface area contributed by atoms with Gasteiger partial charge in [0.1, 0.15) is 11.5 Å². The van der Waals surface area contributed by atoms with E-state index in [0.717, 1.165) is 27.0 Å². The first-order valence-corrected chi connectivity index (χ1v) is 7.33. The van der Waals surface area contributed by atoms with Gasteiger partial charge in [-0.25, -0.2) is 5.43 Å². The lowest BCUT2D eigenvalue weighted by Gasteiger charge is -2.13. The van der Waals surface area contributed by atoms with Crippen molar-refractivity contribution in [2.75, 3.05) is 7.11 Å². The summed E-state index contributed by atoms with van der Waals surface area (Å²) in [5, 5.41) is 10.00. The number of ether oxygens (including phenoxy) is 1.